The van der Waals surface area contributed by atoms with E-state index in [4.69, 9.17) is 18.6 Å². The predicted octanol–water partition coefficient (Wildman–Crippen LogP) is 4.61. The van der Waals surface area contributed by atoms with Gasteiger partial charge in [0.05, 0.1) is 37.4 Å². The van der Waals surface area contributed by atoms with Gasteiger partial charge in [0.2, 0.25) is 0 Å². The van der Waals surface area contributed by atoms with Crippen LogP contribution in [-0.4, -0.2) is 52.4 Å². The molecule has 0 amide bonds. The van der Waals surface area contributed by atoms with Crippen molar-refractivity contribution in [3.8, 4) is 0 Å². The van der Waals surface area contributed by atoms with Crippen LogP contribution in [0, 0.1) is 5.41 Å². The molecule has 1 N–H and O–H groups in total. The fourth-order valence-corrected chi connectivity index (χ4v) is 4.90. The lowest BCUT2D eigenvalue weighted by molar-refractivity contribution is -0.139. The van der Waals surface area contributed by atoms with E-state index >= 15 is 0 Å². The molecule has 1 aromatic carbocycles. The minimum absolute atomic E-state index is 0.0548. The van der Waals surface area contributed by atoms with Crippen LogP contribution in [0.2, 0.25) is 18.1 Å². The normalized spacial score (nSPS) is 24.9. The van der Waals surface area contributed by atoms with Gasteiger partial charge >= 0.3 is 5.97 Å². The average Bonchev–Trinajstić information content (AvgIpc) is 2.87. The van der Waals surface area contributed by atoms with Gasteiger partial charge in [-0.3, -0.25) is 0 Å². The van der Waals surface area contributed by atoms with Crippen molar-refractivity contribution in [2.24, 2.45) is 5.41 Å². The molecule has 0 fully saturated rings. The van der Waals surface area contributed by atoms with Crippen LogP contribution in [0.1, 0.15) is 33.3 Å². The molecule has 0 bridgehead atoms. The van der Waals surface area contributed by atoms with E-state index in [-0.39, 0.29) is 23.0 Å². The third-order valence-electron chi connectivity index (χ3n) is 6.38. The van der Waals surface area contributed by atoms with E-state index in [2.05, 4.69) is 33.9 Å². The van der Waals surface area contributed by atoms with Crippen molar-refractivity contribution in [2.45, 2.75) is 64.6 Å². The quantitative estimate of drug-likeness (QED) is 0.474. The minimum atomic E-state index is -2.25. The highest BCUT2D eigenvalue weighted by molar-refractivity contribution is 6.74. The molecule has 1 aliphatic rings. The summed E-state index contributed by atoms with van der Waals surface area (Å²) in [5.41, 5.74) is 0.257. The zero-order valence-corrected chi connectivity index (χ0v) is 20.4. The summed E-state index contributed by atoms with van der Waals surface area (Å²) in [6, 6.07) is 9.81. The summed E-state index contributed by atoms with van der Waals surface area (Å²) in [5.74, 6) is -0.736. The topological polar surface area (TPSA) is 74.2 Å². The number of aliphatic hydroxyl groups is 1. The third-order valence-corrected chi connectivity index (χ3v) is 10.8. The lowest BCUT2D eigenvalue weighted by Gasteiger charge is -2.44. The predicted molar refractivity (Wildman–Crippen MR) is 119 cm³/mol. The van der Waals surface area contributed by atoms with Crippen molar-refractivity contribution >= 4 is 14.3 Å². The number of rotatable bonds is 8. The molecular weight excluding hydrogens is 400 g/mol. The molecule has 30 heavy (non-hydrogen) atoms. The molecule has 168 valence electrons. The van der Waals surface area contributed by atoms with Gasteiger partial charge in [-0.15, -0.1) is 0 Å². The zero-order chi connectivity index (χ0) is 22.7. The van der Waals surface area contributed by atoms with Crippen molar-refractivity contribution in [3.05, 3.63) is 47.2 Å². The minimum Gasteiger partial charge on any atom is -0.509 e. The van der Waals surface area contributed by atoms with Gasteiger partial charge in [-0.1, -0.05) is 58.0 Å². The lowest BCUT2D eigenvalue weighted by atomic mass is 9.81. The maximum absolute atomic E-state index is 12.6. The number of benzene rings is 1. The molecule has 1 aromatic rings. The van der Waals surface area contributed by atoms with Crippen molar-refractivity contribution in [1.82, 2.24) is 0 Å². The van der Waals surface area contributed by atoms with Crippen LogP contribution < -0.4 is 0 Å². The molecule has 0 unspecified atom stereocenters. The Bertz CT molecular complexity index is 768. The number of methoxy groups -OCH3 is 2. The largest absolute Gasteiger partial charge is 0.509 e. The number of carbonyl (C=O) groups excluding carboxylic acids is 1. The number of hydrogen-bond donors (Lipinski definition) is 1. The molecule has 0 saturated carbocycles. The first-order chi connectivity index (χ1) is 13.9. The molecule has 0 aliphatic heterocycles. The number of hydrogen-bond acceptors (Lipinski definition) is 6. The maximum Gasteiger partial charge on any atom is 0.338 e. The fraction of sp³-hybridized carbons (Fsp3) is 0.609. The lowest BCUT2D eigenvalue weighted by Crippen LogP contribution is -2.52. The van der Waals surface area contributed by atoms with Gasteiger partial charge in [0.1, 0.15) is 11.9 Å². The summed E-state index contributed by atoms with van der Waals surface area (Å²) in [5, 5.41) is 10.9. The van der Waals surface area contributed by atoms with Crippen molar-refractivity contribution < 1.29 is 28.5 Å². The summed E-state index contributed by atoms with van der Waals surface area (Å²) in [4.78, 5) is 12.6. The highest BCUT2D eigenvalue weighted by Gasteiger charge is 2.58. The number of ether oxygens (including phenoxy) is 3. The van der Waals surface area contributed by atoms with E-state index in [1.165, 1.54) is 14.2 Å². The van der Waals surface area contributed by atoms with Gasteiger partial charge in [0.15, 0.2) is 8.32 Å². The van der Waals surface area contributed by atoms with Gasteiger partial charge in [-0.2, -0.15) is 0 Å². The first kappa shape index (κ1) is 24.6. The molecular formula is C23H36O6Si. The second-order valence-electron chi connectivity index (χ2n) is 9.60. The summed E-state index contributed by atoms with van der Waals surface area (Å²) in [6.45, 7) is 13.1. The van der Waals surface area contributed by atoms with Gasteiger partial charge in [-0.05, 0) is 23.7 Å². The summed E-state index contributed by atoms with van der Waals surface area (Å²) in [7, 11) is 0.562. The molecule has 0 spiro atoms. The van der Waals surface area contributed by atoms with Gasteiger partial charge < -0.3 is 23.7 Å². The second-order valence-corrected chi connectivity index (χ2v) is 14.4. The molecule has 6 nitrogen and oxygen atoms in total. The zero-order valence-electron chi connectivity index (χ0n) is 19.4. The van der Waals surface area contributed by atoms with Crippen LogP contribution in [0.15, 0.2) is 41.7 Å². The summed E-state index contributed by atoms with van der Waals surface area (Å²) >= 11 is 0. The Labute approximate surface area is 181 Å². The van der Waals surface area contributed by atoms with E-state index in [0.717, 1.165) is 5.56 Å². The Morgan fingerprint density at radius 3 is 2.27 bits per heavy atom. The maximum atomic E-state index is 12.6. The molecule has 0 saturated heterocycles. The van der Waals surface area contributed by atoms with E-state index in [1.807, 2.05) is 37.3 Å². The first-order valence-corrected chi connectivity index (χ1v) is 13.1. The first-order valence-electron chi connectivity index (χ1n) is 10.2. The SMILES string of the molecule is COC(=O)C1=C(O)[C@H](OC)[C@@H](O[Si](C)(C)C(C)(C)C)[C@]1(C)COCc1ccccc1. The highest BCUT2D eigenvalue weighted by Crippen LogP contribution is 2.49. The standard InChI is InChI=1S/C23H36O6Si/c1-22(2,3)30(7,8)29-20-19(26-5)18(24)17(21(25)27-6)23(20,4)15-28-14-16-12-10-9-11-13-16/h9-13,19-20,24H,14-15H2,1-8H3/t19-,20+,23+/m0/s1. The monoisotopic (exact) mass is 436 g/mol. The van der Waals surface area contributed by atoms with Gasteiger partial charge in [0, 0.05) is 7.11 Å². The third kappa shape index (κ3) is 4.80. The van der Waals surface area contributed by atoms with Gasteiger partial charge in [0.25, 0.3) is 0 Å². The number of aliphatic hydroxyl groups excluding tert-OH is 1. The number of esters is 1. The summed E-state index contributed by atoms with van der Waals surface area (Å²) < 4.78 is 23.3. The molecule has 2 rings (SSSR count). The fourth-order valence-electron chi connectivity index (χ4n) is 3.53. The molecule has 0 heterocycles. The van der Waals surface area contributed by atoms with E-state index < -0.39 is 31.9 Å². The Balaban J connectivity index is 2.39. The van der Waals surface area contributed by atoms with E-state index in [1.54, 1.807) is 0 Å². The Morgan fingerprint density at radius 2 is 1.77 bits per heavy atom. The second kappa shape index (κ2) is 9.22. The molecule has 3 atom stereocenters. The van der Waals surface area contributed by atoms with Crippen LogP contribution in [0.5, 0.6) is 0 Å². The highest BCUT2D eigenvalue weighted by atomic mass is 28.4. The average molecular weight is 437 g/mol. The van der Waals surface area contributed by atoms with Crippen LogP contribution in [0.4, 0.5) is 0 Å². The van der Waals surface area contributed by atoms with Crippen LogP contribution in [0.3, 0.4) is 0 Å². The molecule has 0 aromatic heterocycles. The molecule has 7 heteroatoms. The van der Waals surface area contributed by atoms with Crippen molar-refractivity contribution in [2.75, 3.05) is 20.8 Å². The Kier molecular flexibility index (Phi) is 7.56. The molecule has 1 aliphatic carbocycles. The molecule has 0 radical (unpaired) electrons. The Morgan fingerprint density at radius 1 is 1.17 bits per heavy atom. The van der Waals surface area contributed by atoms with Crippen LogP contribution >= 0.6 is 0 Å². The summed E-state index contributed by atoms with van der Waals surface area (Å²) in [6.07, 6.45) is -1.34. The van der Waals surface area contributed by atoms with E-state index in [9.17, 15) is 9.90 Å². The van der Waals surface area contributed by atoms with Crippen molar-refractivity contribution in [1.29, 1.82) is 0 Å². The van der Waals surface area contributed by atoms with Crippen LogP contribution in [0.25, 0.3) is 0 Å². The van der Waals surface area contributed by atoms with E-state index in [0.29, 0.717) is 6.61 Å². The smallest absolute Gasteiger partial charge is 0.338 e. The van der Waals surface area contributed by atoms with Crippen LogP contribution in [-0.2, 0) is 30.0 Å². The Hall–Kier alpha value is -1.67. The van der Waals surface area contributed by atoms with Gasteiger partial charge in [-0.25, -0.2) is 4.79 Å². The number of carbonyl (C=O) groups is 1. The van der Waals surface area contributed by atoms with Crippen molar-refractivity contribution in [3.63, 3.8) is 0 Å².